The number of aromatic nitrogens is 1. The van der Waals surface area contributed by atoms with E-state index in [9.17, 15) is 17.2 Å². The Kier molecular flexibility index (Phi) is 2.82. The third kappa shape index (κ3) is 2.35. The van der Waals surface area contributed by atoms with Crippen LogP contribution in [-0.4, -0.2) is 13.4 Å². The molecule has 0 spiro atoms. The molecule has 0 fully saturated rings. The zero-order chi connectivity index (χ0) is 10.1. The summed E-state index contributed by atoms with van der Waals surface area (Å²) in [5, 5.41) is 0. The lowest BCUT2D eigenvalue weighted by atomic mass is 10.3. The minimum absolute atomic E-state index is 0.598. The van der Waals surface area contributed by atoms with Crippen LogP contribution in [0.3, 0.4) is 0 Å². The molecule has 0 amide bonds. The van der Waals surface area contributed by atoms with Crippen LogP contribution in [0.5, 0.6) is 0 Å². The second kappa shape index (κ2) is 3.55. The Balaban J connectivity index is 3.37. The van der Waals surface area contributed by atoms with Crippen LogP contribution in [0, 0.1) is 0 Å². The summed E-state index contributed by atoms with van der Waals surface area (Å²) in [7, 11) is 0.793. The van der Waals surface area contributed by atoms with Gasteiger partial charge in [0.2, 0.25) is 0 Å². The smallest absolute Gasteiger partial charge is 0.264 e. The molecule has 13 heavy (non-hydrogen) atoms. The molecule has 0 saturated heterocycles. The van der Waals surface area contributed by atoms with Crippen molar-refractivity contribution in [1.29, 1.82) is 0 Å². The van der Waals surface area contributed by atoms with Gasteiger partial charge >= 0.3 is 0 Å². The average Bonchev–Trinajstić information content (AvgIpc) is 2.03. The van der Waals surface area contributed by atoms with Crippen LogP contribution in [0.2, 0.25) is 0 Å². The van der Waals surface area contributed by atoms with E-state index in [1.807, 2.05) is 0 Å². The van der Waals surface area contributed by atoms with Crippen LogP contribution in [0.25, 0.3) is 0 Å². The second-order valence-electron chi connectivity index (χ2n) is 2.15. The number of nitrogens with zero attached hydrogens (tertiary/aromatic N) is 1. The van der Waals surface area contributed by atoms with Gasteiger partial charge in [-0.05, 0) is 6.07 Å². The summed E-state index contributed by atoms with van der Waals surface area (Å²) in [4.78, 5) is 2.78. The molecule has 0 aliphatic rings. The Morgan fingerprint density at radius 2 is 2.08 bits per heavy atom. The Morgan fingerprint density at radius 3 is 2.46 bits per heavy atom. The average molecular weight is 228 g/mol. The molecule has 1 aromatic rings. The van der Waals surface area contributed by atoms with Crippen molar-refractivity contribution in [3.8, 4) is 0 Å². The van der Waals surface area contributed by atoms with E-state index in [1.165, 1.54) is 0 Å². The van der Waals surface area contributed by atoms with Crippen LogP contribution in [0.15, 0.2) is 23.4 Å². The van der Waals surface area contributed by atoms with E-state index in [2.05, 4.69) is 4.98 Å². The largest absolute Gasteiger partial charge is 0.266 e. The fourth-order valence-electron chi connectivity index (χ4n) is 0.780. The predicted octanol–water partition coefficient (Wildman–Crippen LogP) is 1.95. The van der Waals surface area contributed by atoms with Gasteiger partial charge < -0.3 is 0 Å². The molecule has 0 aliphatic carbocycles. The normalized spacial score (nSPS) is 12.0. The molecule has 0 atom stereocenters. The van der Waals surface area contributed by atoms with E-state index in [0.29, 0.717) is 0 Å². The molecule has 0 saturated carbocycles. The van der Waals surface area contributed by atoms with Crippen LogP contribution in [0.1, 0.15) is 12.0 Å². The van der Waals surface area contributed by atoms with E-state index in [0.717, 1.165) is 18.5 Å². The zero-order valence-corrected chi connectivity index (χ0v) is 7.69. The fourth-order valence-corrected chi connectivity index (χ4v) is 1.85. The first-order chi connectivity index (χ1) is 5.93. The van der Waals surface area contributed by atoms with Crippen molar-refractivity contribution >= 4 is 19.7 Å². The van der Waals surface area contributed by atoms with Crippen LogP contribution >= 0.6 is 10.7 Å². The van der Waals surface area contributed by atoms with Gasteiger partial charge in [0.1, 0.15) is 0 Å². The van der Waals surface area contributed by atoms with Crippen molar-refractivity contribution in [3.05, 3.63) is 24.0 Å². The van der Waals surface area contributed by atoms with E-state index < -0.39 is 25.9 Å². The van der Waals surface area contributed by atoms with Gasteiger partial charge in [0, 0.05) is 23.1 Å². The Morgan fingerprint density at radius 1 is 1.46 bits per heavy atom. The monoisotopic (exact) mass is 227 g/mol. The highest BCUT2D eigenvalue weighted by Gasteiger charge is 2.21. The maximum absolute atomic E-state index is 12.2. The minimum atomic E-state index is -4.13. The van der Waals surface area contributed by atoms with Crippen molar-refractivity contribution in [2.24, 2.45) is 0 Å². The highest BCUT2D eigenvalue weighted by molar-refractivity contribution is 8.13. The zero-order valence-electron chi connectivity index (χ0n) is 6.12. The molecule has 0 bridgehead atoms. The number of pyridine rings is 1. The highest BCUT2D eigenvalue weighted by Crippen LogP contribution is 2.27. The summed E-state index contributed by atoms with van der Waals surface area (Å²) in [6.07, 6.45) is -1.04. The van der Waals surface area contributed by atoms with E-state index in [1.54, 1.807) is 0 Å². The van der Waals surface area contributed by atoms with Gasteiger partial charge in [0.05, 0.1) is 10.5 Å². The van der Waals surface area contributed by atoms with Gasteiger partial charge in [0.25, 0.3) is 15.5 Å². The van der Waals surface area contributed by atoms with Crippen LogP contribution in [0.4, 0.5) is 8.78 Å². The molecule has 72 valence electrons. The molecular weight excluding hydrogens is 224 g/mol. The molecule has 0 N–H and O–H groups in total. The molecule has 3 nitrogen and oxygen atoms in total. The first-order valence-electron chi connectivity index (χ1n) is 3.09. The van der Waals surface area contributed by atoms with Crippen molar-refractivity contribution in [1.82, 2.24) is 4.98 Å². The molecule has 0 unspecified atom stereocenters. The lowest BCUT2D eigenvalue weighted by molar-refractivity contribution is 0.147. The Bertz CT molecular complexity index is 407. The molecule has 1 heterocycles. The summed E-state index contributed by atoms with van der Waals surface area (Å²) < 4.78 is 45.9. The predicted molar refractivity (Wildman–Crippen MR) is 42.2 cm³/mol. The number of halogens is 3. The third-order valence-corrected chi connectivity index (χ3v) is 2.70. The SMILES string of the molecule is O=S(=O)(Cl)c1ccncc1C(F)F. The second-order valence-corrected chi connectivity index (χ2v) is 4.69. The quantitative estimate of drug-likeness (QED) is 0.726. The molecule has 0 aromatic carbocycles. The van der Waals surface area contributed by atoms with Gasteiger partial charge in [-0.2, -0.15) is 0 Å². The van der Waals surface area contributed by atoms with Gasteiger partial charge in [-0.25, -0.2) is 17.2 Å². The van der Waals surface area contributed by atoms with Crippen LogP contribution < -0.4 is 0 Å². The maximum Gasteiger partial charge on any atom is 0.266 e. The first kappa shape index (κ1) is 10.3. The number of rotatable bonds is 2. The van der Waals surface area contributed by atoms with Crippen molar-refractivity contribution in [2.75, 3.05) is 0 Å². The number of hydrogen-bond donors (Lipinski definition) is 0. The summed E-state index contributed by atoms with van der Waals surface area (Å²) in [5.74, 6) is 0. The summed E-state index contributed by atoms with van der Waals surface area (Å²) in [5.41, 5.74) is -0.683. The van der Waals surface area contributed by atoms with Crippen molar-refractivity contribution in [3.63, 3.8) is 0 Å². The van der Waals surface area contributed by atoms with Gasteiger partial charge in [0.15, 0.2) is 0 Å². The fraction of sp³-hybridized carbons (Fsp3) is 0.167. The summed E-state index contributed by atoms with van der Waals surface area (Å²) >= 11 is 0. The molecule has 0 radical (unpaired) electrons. The van der Waals surface area contributed by atoms with Crippen LogP contribution in [-0.2, 0) is 9.05 Å². The van der Waals surface area contributed by atoms with E-state index in [-0.39, 0.29) is 0 Å². The summed E-state index contributed by atoms with van der Waals surface area (Å²) in [6, 6.07) is 0.934. The maximum atomic E-state index is 12.2. The Labute approximate surface area is 77.8 Å². The molecule has 1 aromatic heterocycles. The highest BCUT2D eigenvalue weighted by atomic mass is 35.7. The topological polar surface area (TPSA) is 47.0 Å². The van der Waals surface area contributed by atoms with Crippen molar-refractivity contribution < 1.29 is 17.2 Å². The van der Waals surface area contributed by atoms with Crippen molar-refractivity contribution in [2.45, 2.75) is 11.3 Å². The van der Waals surface area contributed by atoms with Gasteiger partial charge in [-0.3, -0.25) is 4.98 Å². The van der Waals surface area contributed by atoms with Gasteiger partial charge in [-0.15, -0.1) is 0 Å². The standard InChI is InChI=1S/C6H4ClF2NO2S/c7-13(11,12)5-1-2-10-3-4(5)6(8)9/h1-3,6H. The lowest BCUT2D eigenvalue weighted by Gasteiger charge is -2.03. The van der Waals surface area contributed by atoms with E-state index in [4.69, 9.17) is 10.7 Å². The first-order valence-corrected chi connectivity index (χ1v) is 5.40. The molecule has 1 rings (SSSR count). The summed E-state index contributed by atoms with van der Waals surface area (Å²) in [6.45, 7) is 0. The molecular formula is C6H4ClF2NO2S. The third-order valence-electron chi connectivity index (χ3n) is 1.31. The molecule has 7 heteroatoms. The number of alkyl halides is 2. The number of hydrogen-bond acceptors (Lipinski definition) is 3. The minimum Gasteiger partial charge on any atom is -0.264 e. The Hall–Kier alpha value is -0.750. The van der Waals surface area contributed by atoms with Gasteiger partial charge in [-0.1, -0.05) is 0 Å². The molecule has 0 aliphatic heterocycles. The lowest BCUT2D eigenvalue weighted by Crippen LogP contribution is -1.98. The van der Waals surface area contributed by atoms with E-state index >= 15 is 0 Å².